The summed E-state index contributed by atoms with van der Waals surface area (Å²) in [6.45, 7) is 4.55. The van der Waals surface area contributed by atoms with Gasteiger partial charge >= 0.3 is 0 Å². The molecule has 2 aliphatic rings. The molecule has 2 fully saturated rings. The number of nitrogens with one attached hydrogen (secondary N) is 1. The number of piperazine rings is 1. The van der Waals surface area contributed by atoms with Gasteiger partial charge in [-0.15, -0.1) is 0 Å². The van der Waals surface area contributed by atoms with Crippen LogP contribution in [0, 0.1) is 0 Å². The van der Waals surface area contributed by atoms with Crippen LogP contribution in [0.2, 0.25) is 0 Å². The molecule has 154 valence electrons. The number of ether oxygens (including phenoxy) is 1. The second kappa shape index (κ2) is 9.85. The average Bonchev–Trinajstić information content (AvgIpc) is 2.66. The molecule has 1 saturated heterocycles. The van der Waals surface area contributed by atoms with Crippen LogP contribution in [0.25, 0.3) is 0 Å². The minimum atomic E-state index is -0.346. The molecule has 28 heavy (non-hydrogen) atoms. The fraction of sp³-hybridized carbons (Fsp3) is 0.619. The summed E-state index contributed by atoms with van der Waals surface area (Å²) in [5.41, 5.74) is 0.784. The second-order valence-corrected chi connectivity index (χ2v) is 8.62. The number of amides is 2. The number of carbonyl (C=O) groups is 2. The van der Waals surface area contributed by atoms with Crippen molar-refractivity contribution in [3.63, 3.8) is 0 Å². The zero-order chi connectivity index (χ0) is 20.0. The number of carbonyl (C=O) groups excluding carboxylic acids is 2. The molecule has 1 aliphatic carbocycles. The number of halogens is 1. The lowest BCUT2D eigenvalue weighted by Crippen LogP contribution is -2.57. The highest BCUT2D eigenvalue weighted by Crippen LogP contribution is 2.45. The Morgan fingerprint density at radius 1 is 1.14 bits per heavy atom. The van der Waals surface area contributed by atoms with Gasteiger partial charge in [0, 0.05) is 50.9 Å². The molecule has 1 N–H and O–H groups in total. The van der Waals surface area contributed by atoms with E-state index in [2.05, 4.69) is 38.3 Å². The molecule has 7 heteroatoms. The molecule has 2 amide bonds. The molecule has 1 heterocycles. The highest BCUT2D eigenvalue weighted by atomic mass is 79.9. The number of rotatable bonds is 8. The Morgan fingerprint density at radius 2 is 1.82 bits per heavy atom. The van der Waals surface area contributed by atoms with Crippen molar-refractivity contribution >= 4 is 27.7 Å². The highest BCUT2D eigenvalue weighted by molar-refractivity contribution is 9.10. The smallest absolute Gasteiger partial charge is 0.234 e. The lowest BCUT2D eigenvalue weighted by molar-refractivity contribution is -0.142. The molecule has 0 spiro atoms. The molecule has 6 nitrogen and oxygen atoms in total. The summed E-state index contributed by atoms with van der Waals surface area (Å²) >= 11 is 3.48. The van der Waals surface area contributed by atoms with Gasteiger partial charge in [0.25, 0.3) is 0 Å². The first-order chi connectivity index (χ1) is 13.5. The van der Waals surface area contributed by atoms with Crippen molar-refractivity contribution < 1.29 is 14.3 Å². The molecule has 0 radical (unpaired) electrons. The van der Waals surface area contributed by atoms with Gasteiger partial charge in [0.15, 0.2) is 0 Å². The average molecular weight is 452 g/mol. The number of benzene rings is 1. The maximum absolute atomic E-state index is 13.3. The fourth-order valence-electron chi connectivity index (χ4n) is 4.04. The lowest BCUT2D eigenvalue weighted by Gasteiger charge is -2.46. The van der Waals surface area contributed by atoms with Gasteiger partial charge in [-0.05, 0) is 37.0 Å². The van der Waals surface area contributed by atoms with E-state index < -0.39 is 0 Å². The first kappa shape index (κ1) is 21.3. The van der Waals surface area contributed by atoms with Crippen LogP contribution in [0.4, 0.5) is 0 Å². The quantitative estimate of drug-likeness (QED) is 0.615. The maximum Gasteiger partial charge on any atom is 0.234 e. The fourth-order valence-corrected chi connectivity index (χ4v) is 4.30. The molecule has 1 aromatic rings. The van der Waals surface area contributed by atoms with Gasteiger partial charge in [0.2, 0.25) is 11.8 Å². The topological polar surface area (TPSA) is 61.9 Å². The van der Waals surface area contributed by atoms with Crippen molar-refractivity contribution in [1.82, 2.24) is 15.1 Å². The summed E-state index contributed by atoms with van der Waals surface area (Å²) in [6, 6.07) is 8.19. The van der Waals surface area contributed by atoms with Crippen LogP contribution in [-0.4, -0.2) is 74.6 Å². The summed E-state index contributed by atoms with van der Waals surface area (Å²) in [7, 11) is 1.66. The maximum atomic E-state index is 13.3. The largest absolute Gasteiger partial charge is 0.385 e. The van der Waals surface area contributed by atoms with Crippen molar-refractivity contribution in [3.05, 3.63) is 34.3 Å². The van der Waals surface area contributed by atoms with Crippen molar-refractivity contribution in [1.29, 1.82) is 0 Å². The van der Waals surface area contributed by atoms with Gasteiger partial charge < -0.3 is 15.0 Å². The molecule has 1 saturated carbocycles. The zero-order valence-corrected chi connectivity index (χ0v) is 18.2. The Hall–Kier alpha value is -1.44. The lowest BCUT2D eigenvalue weighted by atomic mass is 9.63. The minimum absolute atomic E-state index is 0.0428. The first-order valence-corrected chi connectivity index (χ1v) is 10.9. The van der Waals surface area contributed by atoms with E-state index in [1.807, 2.05) is 17.0 Å². The Kier molecular flexibility index (Phi) is 7.48. The summed E-state index contributed by atoms with van der Waals surface area (Å²) in [6.07, 6.45) is 3.78. The molecular weight excluding hydrogens is 422 g/mol. The third kappa shape index (κ3) is 4.93. The van der Waals surface area contributed by atoms with Crippen LogP contribution in [0.15, 0.2) is 28.7 Å². The molecular formula is C21H30BrN3O3. The second-order valence-electron chi connectivity index (χ2n) is 7.71. The molecule has 3 rings (SSSR count). The summed E-state index contributed by atoms with van der Waals surface area (Å²) in [5, 5.41) is 2.92. The van der Waals surface area contributed by atoms with E-state index in [1.54, 1.807) is 7.11 Å². The monoisotopic (exact) mass is 451 g/mol. The number of hydrogen-bond donors (Lipinski definition) is 1. The summed E-state index contributed by atoms with van der Waals surface area (Å²) < 4.78 is 6.02. The van der Waals surface area contributed by atoms with Crippen molar-refractivity contribution in [3.8, 4) is 0 Å². The Balaban J connectivity index is 1.49. The van der Waals surface area contributed by atoms with E-state index in [-0.39, 0.29) is 17.2 Å². The van der Waals surface area contributed by atoms with Crippen molar-refractivity contribution in [2.45, 2.75) is 31.1 Å². The zero-order valence-electron chi connectivity index (χ0n) is 16.6. The van der Waals surface area contributed by atoms with E-state index in [0.29, 0.717) is 32.8 Å². The number of methoxy groups -OCH3 is 1. The van der Waals surface area contributed by atoms with Gasteiger partial charge in [-0.3, -0.25) is 14.5 Å². The van der Waals surface area contributed by atoms with Crippen molar-refractivity contribution in [2.24, 2.45) is 0 Å². The van der Waals surface area contributed by atoms with Crippen LogP contribution in [0.1, 0.15) is 31.2 Å². The Labute approximate surface area is 175 Å². The molecule has 0 unspecified atom stereocenters. The van der Waals surface area contributed by atoms with Crippen LogP contribution in [0.5, 0.6) is 0 Å². The SMILES string of the molecule is COCCCNC(=O)CN1CCN(C(=O)C2(c3ccc(Br)cc3)CCC2)CC1. The summed E-state index contributed by atoms with van der Waals surface area (Å²) in [4.78, 5) is 29.5. The molecule has 0 atom stereocenters. The minimum Gasteiger partial charge on any atom is -0.385 e. The highest BCUT2D eigenvalue weighted by Gasteiger charge is 2.47. The van der Waals surface area contributed by atoms with Crippen LogP contribution >= 0.6 is 15.9 Å². The third-order valence-electron chi connectivity index (χ3n) is 5.89. The van der Waals surface area contributed by atoms with Gasteiger partial charge in [0.05, 0.1) is 12.0 Å². The van der Waals surface area contributed by atoms with Gasteiger partial charge in [-0.2, -0.15) is 0 Å². The Bertz CT molecular complexity index is 668. The van der Waals surface area contributed by atoms with E-state index in [4.69, 9.17) is 4.74 Å². The molecule has 0 bridgehead atoms. The van der Waals surface area contributed by atoms with Gasteiger partial charge in [-0.1, -0.05) is 34.5 Å². The standard InChI is InChI=1S/C21H30BrN3O3/c1-28-15-3-10-23-19(26)16-24-11-13-25(14-12-24)20(27)21(8-2-9-21)17-4-6-18(22)7-5-17/h4-7H,2-3,8-16H2,1H3,(H,23,26). The van der Waals surface area contributed by atoms with Crippen molar-refractivity contribution in [2.75, 3.05) is 53.0 Å². The molecule has 0 aromatic heterocycles. The van der Waals surface area contributed by atoms with Crippen LogP contribution in [0.3, 0.4) is 0 Å². The van der Waals surface area contributed by atoms with E-state index in [1.165, 1.54) is 0 Å². The van der Waals surface area contributed by atoms with Gasteiger partial charge in [-0.25, -0.2) is 0 Å². The van der Waals surface area contributed by atoms with Crippen LogP contribution in [-0.2, 0) is 19.7 Å². The van der Waals surface area contributed by atoms with E-state index in [0.717, 1.165) is 48.8 Å². The van der Waals surface area contributed by atoms with E-state index in [9.17, 15) is 9.59 Å². The van der Waals surface area contributed by atoms with Crippen LogP contribution < -0.4 is 5.32 Å². The Morgan fingerprint density at radius 3 is 2.39 bits per heavy atom. The number of hydrogen-bond acceptors (Lipinski definition) is 4. The number of nitrogens with zero attached hydrogens (tertiary/aromatic N) is 2. The predicted molar refractivity (Wildman–Crippen MR) is 112 cm³/mol. The van der Waals surface area contributed by atoms with E-state index >= 15 is 0 Å². The molecule has 1 aromatic carbocycles. The normalized spacial score (nSPS) is 19.1. The first-order valence-electron chi connectivity index (χ1n) is 10.1. The molecule has 1 aliphatic heterocycles. The summed E-state index contributed by atoms with van der Waals surface area (Å²) in [5.74, 6) is 0.297. The van der Waals surface area contributed by atoms with Gasteiger partial charge in [0.1, 0.15) is 0 Å². The third-order valence-corrected chi connectivity index (χ3v) is 6.42. The predicted octanol–water partition coefficient (Wildman–Crippen LogP) is 2.17.